The zero-order chi connectivity index (χ0) is 14.2. The van der Waals surface area contributed by atoms with Crippen molar-refractivity contribution in [2.75, 3.05) is 19.6 Å². The molecule has 3 aliphatic rings. The predicted molar refractivity (Wildman–Crippen MR) is 87.2 cm³/mol. The van der Waals surface area contributed by atoms with E-state index < -0.39 is 0 Å². The van der Waals surface area contributed by atoms with Gasteiger partial charge in [0.2, 0.25) is 0 Å². The van der Waals surface area contributed by atoms with Crippen molar-refractivity contribution < 1.29 is 0 Å². The lowest BCUT2D eigenvalue weighted by Crippen LogP contribution is -2.52. The number of nitrogens with one attached hydrogen (secondary N) is 1. The van der Waals surface area contributed by atoms with E-state index in [1.165, 1.54) is 44.3 Å². The zero-order valence-corrected chi connectivity index (χ0v) is 13.2. The summed E-state index contributed by atoms with van der Waals surface area (Å²) in [5.41, 5.74) is 1.49. The predicted octanol–water partition coefficient (Wildman–Crippen LogP) is 3.46. The third-order valence-corrected chi connectivity index (χ3v) is 6.15. The molecule has 21 heavy (non-hydrogen) atoms. The molecule has 0 radical (unpaired) electrons. The van der Waals surface area contributed by atoms with Crippen molar-refractivity contribution in [3.8, 4) is 0 Å². The summed E-state index contributed by atoms with van der Waals surface area (Å²) in [4.78, 5) is 2.78. The fourth-order valence-corrected chi connectivity index (χ4v) is 5.09. The maximum Gasteiger partial charge on any atom is 0.0473 e. The van der Waals surface area contributed by atoms with Gasteiger partial charge in [-0.2, -0.15) is 0 Å². The summed E-state index contributed by atoms with van der Waals surface area (Å²) in [6.45, 7) is 5.96. The van der Waals surface area contributed by atoms with Crippen molar-refractivity contribution in [1.29, 1.82) is 0 Å². The maximum absolute atomic E-state index is 3.68. The van der Waals surface area contributed by atoms with Crippen molar-refractivity contribution in [3.05, 3.63) is 35.9 Å². The van der Waals surface area contributed by atoms with Crippen LogP contribution in [0.2, 0.25) is 0 Å². The van der Waals surface area contributed by atoms with Gasteiger partial charge in [-0.15, -0.1) is 0 Å². The molecule has 1 aromatic carbocycles. The van der Waals surface area contributed by atoms with Crippen LogP contribution in [0.3, 0.4) is 0 Å². The number of hydrogen-bond donors (Lipinski definition) is 1. The van der Waals surface area contributed by atoms with Crippen LogP contribution in [0.5, 0.6) is 0 Å². The average Bonchev–Trinajstić information content (AvgIpc) is 3.11. The van der Waals surface area contributed by atoms with E-state index in [2.05, 4.69) is 47.5 Å². The van der Waals surface area contributed by atoms with Gasteiger partial charge in [0.05, 0.1) is 0 Å². The number of benzene rings is 1. The quantitative estimate of drug-likeness (QED) is 0.914. The molecule has 3 fully saturated rings. The van der Waals surface area contributed by atoms with Crippen molar-refractivity contribution in [2.24, 2.45) is 17.8 Å². The molecule has 0 amide bonds. The van der Waals surface area contributed by atoms with Gasteiger partial charge in [0.25, 0.3) is 0 Å². The standard InChI is InChI=1S/C19H28N2/c1-14-12-21(13-18-10-15-7-8-17(18)9-15)19(11-20-14)16-5-3-2-4-6-16/h2-6,14-15,17-20H,7-13H2,1H3. The van der Waals surface area contributed by atoms with E-state index in [-0.39, 0.29) is 0 Å². The van der Waals surface area contributed by atoms with Crippen LogP contribution in [0.15, 0.2) is 30.3 Å². The second-order valence-electron chi connectivity index (χ2n) is 7.62. The van der Waals surface area contributed by atoms with E-state index in [1.807, 2.05) is 0 Å². The van der Waals surface area contributed by atoms with Crippen LogP contribution in [-0.2, 0) is 0 Å². The highest BCUT2D eigenvalue weighted by Gasteiger charge is 2.41. The van der Waals surface area contributed by atoms with Crippen LogP contribution >= 0.6 is 0 Å². The molecule has 1 heterocycles. The Morgan fingerprint density at radius 1 is 1.14 bits per heavy atom. The molecule has 2 aliphatic carbocycles. The van der Waals surface area contributed by atoms with E-state index in [1.54, 1.807) is 0 Å². The minimum atomic E-state index is 0.571. The molecule has 2 heteroatoms. The van der Waals surface area contributed by atoms with E-state index in [9.17, 15) is 0 Å². The third-order valence-electron chi connectivity index (χ3n) is 6.15. The Labute approximate surface area is 128 Å². The fraction of sp³-hybridized carbons (Fsp3) is 0.684. The van der Waals surface area contributed by atoms with E-state index in [0.29, 0.717) is 12.1 Å². The second kappa shape index (κ2) is 5.73. The highest BCUT2D eigenvalue weighted by Crippen LogP contribution is 2.49. The SMILES string of the molecule is CC1CN(CC2CC3CCC2C3)C(c2ccccc2)CN1. The fourth-order valence-electron chi connectivity index (χ4n) is 5.09. The maximum atomic E-state index is 3.68. The second-order valence-corrected chi connectivity index (χ2v) is 7.62. The largest absolute Gasteiger partial charge is 0.311 e. The van der Waals surface area contributed by atoms with Crippen molar-refractivity contribution >= 4 is 0 Å². The minimum absolute atomic E-state index is 0.571. The Balaban J connectivity index is 1.49. The number of hydrogen-bond acceptors (Lipinski definition) is 2. The summed E-state index contributed by atoms with van der Waals surface area (Å²) in [5, 5.41) is 3.68. The first kappa shape index (κ1) is 13.8. The van der Waals surface area contributed by atoms with Crippen molar-refractivity contribution in [1.82, 2.24) is 10.2 Å². The molecule has 2 bridgehead atoms. The van der Waals surface area contributed by atoms with Gasteiger partial charge in [0, 0.05) is 31.7 Å². The minimum Gasteiger partial charge on any atom is -0.311 e. The molecule has 1 aliphatic heterocycles. The molecule has 5 atom stereocenters. The van der Waals surface area contributed by atoms with Crippen LogP contribution in [-0.4, -0.2) is 30.6 Å². The highest BCUT2D eigenvalue weighted by molar-refractivity contribution is 5.20. The normalized spacial score (nSPS) is 39.8. The summed E-state index contributed by atoms with van der Waals surface area (Å²) < 4.78 is 0. The van der Waals surface area contributed by atoms with Gasteiger partial charge in [-0.1, -0.05) is 36.8 Å². The van der Waals surface area contributed by atoms with Gasteiger partial charge in [-0.25, -0.2) is 0 Å². The van der Waals surface area contributed by atoms with Crippen LogP contribution < -0.4 is 5.32 Å². The van der Waals surface area contributed by atoms with Crippen LogP contribution in [0.4, 0.5) is 0 Å². The van der Waals surface area contributed by atoms with Gasteiger partial charge in [-0.3, -0.25) is 4.90 Å². The van der Waals surface area contributed by atoms with Crippen molar-refractivity contribution in [3.63, 3.8) is 0 Å². The summed E-state index contributed by atoms with van der Waals surface area (Å²) in [5.74, 6) is 3.08. The number of fused-ring (bicyclic) bond motifs is 2. The molecule has 0 spiro atoms. The topological polar surface area (TPSA) is 15.3 Å². The lowest BCUT2D eigenvalue weighted by Gasteiger charge is -2.42. The first-order valence-electron chi connectivity index (χ1n) is 8.82. The molecule has 2 nitrogen and oxygen atoms in total. The molecule has 0 aromatic heterocycles. The number of rotatable bonds is 3. The van der Waals surface area contributed by atoms with Gasteiger partial charge in [-0.05, 0) is 49.5 Å². The van der Waals surface area contributed by atoms with E-state index in [0.717, 1.165) is 24.3 Å². The smallest absolute Gasteiger partial charge is 0.0473 e. The van der Waals surface area contributed by atoms with Crippen LogP contribution in [0.25, 0.3) is 0 Å². The van der Waals surface area contributed by atoms with Gasteiger partial charge < -0.3 is 5.32 Å². The molecule has 114 valence electrons. The average molecular weight is 284 g/mol. The molecule has 2 saturated carbocycles. The summed E-state index contributed by atoms with van der Waals surface area (Å²) in [6, 6.07) is 12.3. The molecular weight excluding hydrogens is 256 g/mol. The Morgan fingerprint density at radius 3 is 2.71 bits per heavy atom. The van der Waals surface area contributed by atoms with Crippen molar-refractivity contribution in [2.45, 2.75) is 44.7 Å². The summed E-state index contributed by atoms with van der Waals surface area (Å²) in [6.07, 6.45) is 6.06. The lowest BCUT2D eigenvalue weighted by molar-refractivity contribution is 0.0985. The molecule has 1 saturated heterocycles. The Hall–Kier alpha value is -0.860. The first-order valence-corrected chi connectivity index (χ1v) is 8.82. The highest BCUT2D eigenvalue weighted by atomic mass is 15.2. The first-order chi connectivity index (χ1) is 10.3. The van der Waals surface area contributed by atoms with Gasteiger partial charge >= 0.3 is 0 Å². The van der Waals surface area contributed by atoms with Gasteiger partial charge in [0.15, 0.2) is 0 Å². The molecule has 1 N–H and O–H groups in total. The van der Waals surface area contributed by atoms with Gasteiger partial charge in [0.1, 0.15) is 0 Å². The Morgan fingerprint density at radius 2 is 2.00 bits per heavy atom. The van der Waals surface area contributed by atoms with E-state index in [4.69, 9.17) is 0 Å². The zero-order valence-electron chi connectivity index (χ0n) is 13.2. The summed E-state index contributed by atoms with van der Waals surface area (Å²) in [7, 11) is 0. The molecule has 1 aromatic rings. The van der Waals surface area contributed by atoms with Crippen LogP contribution in [0, 0.1) is 17.8 Å². The molecular formula is C19H28N2. The Bertz CT molecular complexity index is 472. The third kappa shape index (κ3) is 2.76. The monoisotopic (exact) mass is 284 g/mol. The molecule has 5 unspecified atom stereocenters. The molecule has 4 rings (SSSR count). The van der Waals surface area contributed by atoms with E-state index >= 15 is 0 Å². The van der Waals surface area contributed by atoms with Crippen LogP contribution in [0.1, 0.15) is 44.2 Å². The number of nitrogens with zero attached hydrogens (tertiary/aromatic N) is 1. The lowest BCUT2D eigenvalue weighted by atomic mass is 9.87. The summed E-state index contributed by atoms with van der Waals surface area (Å²) >= 11 is 0. The Kier molecular flexibility index (Phi) is 3.76. The number of piperazine rings is 1.